The summed E-state index contributed by atoms with van der Waals surface area (Å²) >= 11 is 0. The predicted octanol–water partition coefficient (Wildman–Crippen LogP) is 5.07. The van der Waals surface area contributed by atoms with Crippen molar-refractivity contribution in [2.45, 2.75) is 31.8 Å². The average Bonchev–Trinajstić information content (AvgIpc) is 3.26. The lowest BCUT2D eigenvalue weighted by Crippen LogP contribution is -2.32. The first-order chi connectivity index (χ1) is 12.8. The molecule has 0 amide bonds. The van der Waals surface area contributed by atoms with Crippen molar-refractivity contribution in [1.82, 2.24) is 9.47 Å². The van der Waals surface area contributed by atoms with Crippen LogP contribution in [0.1, 0.15) is 30.4 Å². The second kappa shape index (κ2) is 7.41. The van der Waals surface area contributed by atoms with Crippen LogP contribution in [0.2, 0.25) is 0 Å². The number of para-hydroxylation sites is 1. The number of phenolic OH excluding ortho intramolecular Hbond substituents is 1. The fraction of sp³-hybridized carbons (Fsp3) is 0.304. The van der Waals surface area contributed by atoms with Gasteiger partial charge in [0.2, 0.25) is 0 Å². The van der Waals surface area contributed by atoms with Crippen LogP contribution in [0, 0.1) is 0 Å². The Hall–Kier alpha value is -2.23. The molecule has 27 heavy (non-hydrogen) atoms. The van der Waals surface area contributed by atoms with E-state index in [1.807, 2.05) is 12.1 Å². The molecule has 1 saturated heterocycles. The first-order valence-electron chi connectivity index (χ1n) is 9.57. The first-order valence-corrected chi connectivity index (χ1v) is 9.57. The van der Waals surface area contributed by atoms with Crippen LogP contribution in [0.3, 0.4) is 0 Å². The Kier molecular flexibility index (Phi) is 4.98. The van der Waals surface area contributed by atoms with Gasteiger partial charge in [-0.15, -0.1) is 12.4 Å². The predicted molar refractivity (Wildman–Crippen MR) is 114 cm³/mol. The highest BCUT2D eigenvalue weighted by molar-refractivity contribution is 5.93. The Labute approximate surface area is 166 Å². The van der Waals surface area contributed by atoms with Gasteiger partial charge in [-0.05, 0) is 55.1 Å². The van der Waals surface area contributed by atoms with Crippen molar-refractivity contribution in [1.29, 1.82) is 0 Å². The maximum absolute atomic E-state index is 9.78. The molecular weight excluding hydrogens is 356 g/mol. The fourth-order valence-corrected chi connectivity index (χ4v) is 4.64. The summed E-state index contributed by atoms with van der Waals surface area (Å²) in [7, 11) is 0. The van der Waals surface area contributed by atoms with Crippen LogP contribution in [-0.2, 0) is 6.54 Å². The smallest absolute Gasteiger partial charge is 0.115 e. The van der Waals surface area contributed by atoms with Crippen LogP contribution in [-0.4, -0.2) is 33.7 Å². The molecule has 0 aliphatic carbocycles. The summed E-state index contributed by atoms with van der Waals surface area (Å²) in [4.78, 5) is 2.62. The first kappa shape index (κ1) is 18.1. The van der Waals surface area contributed by atoms with E-state index in [1.54, 1.807) is 6.07 Å². The molecule has 3 heterocycles. The molecular formula is C23H25ClN2O. The van der Waals surface area contributed by atoms with Crippen LogP contribution in [0.25, 0.3) is 16.5 Å². The highest BCUT2D eigenvalue weighted by atomic mass is 35.5. The Morgan fingerprint density at radius 3 is 2.85 bits per heavy atom. The highest BCUT2D eigenvalue weighted by Crippen LogP contribution is 2.36. The number of benzene rings is 2. The minimum atomic E-state index is 0. The summed E-state index contributed by atoms with van der Waals surface area (Å²) in [5.41, 5.74) is 5.27. The molecule has 1 aromatic heterocycles. The van der Waals surface area contributed by atoms with Gasteiger partial charge < -0.3 is 9.67 Å². The van der Waals surface area contributed by atoms with Gasteiger partial charge in [0, 0.05) is 41.8 Å². The molecule has 140 valence electrons. The third kappa shape index (κ3) is 3.38. The van der Waals surface area contributed by atoms with Crippen LogP contribution < -0.4 is 0 Å². The van der Waals surface area contributed by atoms with Crippen LogP contribution in [0.15, 0.2) is 60.8 Å². The van der Waals surface area contributed by atoms with Crippen LogP contribution >= 0.6 is 12.4 Å². The molecule has 1 fully saturated rings. The largest absolute Gasteiger partial charge is 0.508 e. The lowest BCUT2D eigenvalue weighted by Gasteiger charge is -2.29. The topological polar surface area (TPSA) is 28.4 Å². The molecule has 3 aromatic rings. The number of aromatic nitrogens is 1. The number of halogens is 1. The number of fused-ring (bicyclic) bond motifs is 2. The van der Waals surface area contributed by atoms with Crippen molar-refractivity contribution in [3.05, 3.63) is 71.9 Å². The Bertz CT molecular complexity index is 991. The number of hydrogen-bond acceptors (Lipinski definition) is 2. The standard InChI is InChI=1S/C23H24N2O.ClH/c26-20-7-3-5-17(13-20)15-25-16-22(21-8-1-2-9-23(21)25)18-10-12-24-11-4-6-19(24)14-18;/h1-3,5,7-10,13,16,19,26H,4,6,11-12,14-15H2;1H. The maximum atomic E-state index is 9.78. The summed E-state index contributed by atoms with van der Waals surface area (Å²) < 4.78 is 2.32. The van der Waals surface area contributed by atoms with E-state index in [4.69, 9.17) is 0 Å². The van der Waals surface area contributed by atoms with Gasteiger partial charge in [-0.25, -0.2) is 0 Å². The van der Waals surface area contributed by atoms with E-state index in [0.717, 1.165) is 24.7 Å². The summed E-state index contributed by atoms with van der Waals surface area (Å²) in [6, 6.07) is 17.0. The molecule has 5 rings (SSSR count). The monoisotopic (exact) mass is 380 g/mol. The van der Waals surface area contributed by atoms with E-state index in [-0.39, 0.29) is 12.4 Å². The zero-order valence-electron chi connectivity index (χ0n) is 15.3. The number of rotatable bonds is 3. The number of phenols is 1. The van der Waals surface area contributed by atoms with Gasteiger partial charge in [-0.3, -0.25) is 4.90 Å². The van der Waals surface area contributed by atoms with E-state index in [2.05, 4.69) is 52.1 Å². The molecule has 2 aliphatic heterocycles. The van der Waals surface area contributed by atoms with Gasteiger partial charge in [-0.2, -0.15) is 0 Å². The minimum absolute atomic E-state index is 0. The molecule has 0 spiro atoms. The Balaban J connectivity index is 0.00000180. The molecule has 1 N–H and O–H groups in total. The van der Waals surface area contributed by atoms with Crippen molar-refractivity contribution in [3.63, 3.8) is 0 Å². The van der Waals surface area contributed by atoms with Crippen molar-refractivity contribution in [3.8, 4) is 5.75 Å². The van der Waals surface area contributed by atoms with Gasteiger partial charge in [-0.1, -0.05) is 36.4 Å². The Morgan fingerprint density at radius 1 is 1.07 bits per heavy atom. The van der Waals surface area contributed by atoms with Crippen molar-refractivity contribution < 1.29 is 5.11 Å². The number of aromatic hydroxyl groups is 1. The second-order valence-electron chi connectivity index (χ2n) is 7.58. The van der Waals surface area contributed by atoms with E-state index in [0.29, 0.717) is 5.75 Å². The molecule has 0 bridgehead atoms. The molecule has 1 unspecified atom stereocenters. The summed E-state index contributed by atoms with van der Waals surface area (Å²) in [6.07, 6.45) is 8.58. The maximum Gasteiger partial charge on any atom is 0.115 e. The van der Waals surface area contributed by atoms with Crippen molar-refractivity contribution >= 4 is 28.9 Å². The summed E-state index contributed by atoms with van der Waals surface area (Å²) in [5, 5.41) is 11.1. The third-order valence-corrected chi connectivity index (χ3v) is 5.92. The zero-order valence-corrected chi connectivity index (χ0v) is 16.2. The molecule has 0 saturated carbocycles. The normalized spacial score (nSPS) is 19.6. The molecule has 2 aromatic carbocycles. The fourth-order valence-electron chi connectivity index (χ4n) is 4.64. The summed E-state index contributed by atoms with van der Waals surface area (Å²) in [6.45, 7) is 3.12. The SMILES string of the molecule is Cl.Oc1cccc(Cn2cc(C3=CCN4CCCC4C3)c3ccccc32)c1. The van der Waals surface area contributed by atoms with Gasteiger partial charge >= 0.3 is 0 Å². The molecule has 2 aliphatic rings. The van der Waals surface area contributed by atoms with Crippen LogP contribution in [0.5, 0.6) is 5.75 Å². The summed E-state index contributed by atoms with van der Waals surface area (Å²) in [5.74, 6) is 0.329. The van der Waals surface area contributed by atoms with E-state index in [1.165, 1.54) is 47.8 Å². The third-order valence-electron chi connectivity index (χ3n) is 5.92. The number of hydrogen-bond donors (Lipinski definition) is 1. The van der Waals surface area contributed by atoms with Gasteiger partial charge in [0.1, 0.15) is 5.75 Å². The lowest BCUT2D eigenvalue weighted by atomic mass is 9.94. The zero-order chi connectivity index (χ0) is 17.5. The van der Waals surface area contributed by atoms with E-state index >= 15 is 0 Å². The second-order valence-corrected chi connectivity index (χ2v) is 7.58. The molecule has 0 radical (unpaired) electrons. The quantitative estimate of drug-likeness (QED) is 0.687. The molecule has 1 atom stereocenters. The van der Waals surface area contributed by atoms with E-state index in [9.17, 15) is 5.11 Å². The Morgan fingerprint density at radius 2 is 1.96 bits per heavy atom. The highest BCUT2D eigenvalue weighted by Gasteiger charge is 2.28. The number of nitrogens with zero attached hydrogens (tertiary/aromatic N) is 2. The average molecular weight is 381 g/mol. The minimum Gasteiger partial charge on any atom is -0.508 e. The van der Waals surface area contributed by atoms with Crippen LogP contribution in [0.4, 0.5) is 0 Å². The van der Waals surface area contributed by atoms with Gasteiger partial charge in [0.05, 0.1) is 0 Å². The lowest BCUT2D eigenvalue weighted by molar-refractivity contribution is 0.275. The van der Waals surface area contributed by atoms with Gasteiger partial charge in [0.25, 0.3) is 0 Å². The molecule has 4 heteroatoms. The van der Waals surface area contributed by atoms with E-state index < -0.39 is 0 Å². The van der Waals surface area contributed by atoms with Crippen molar-refractivity contribution in [2.75, 3.05) is 13.1 Å². The molecule has 3 nitrogen and oxygen atoms in total. The van der Waals surface area contributed by atoms with Gasteiger partial charge in [0.15, 0.2) is 0 Å². The van der Waals surface area contributed by atoms with Crippen molar-refractivity contribution in [2.24, 2.45) is 0 Å².